The highest BCUT2D eigenvalue weighted by atomic mass is 30.0. The third-order valence-corrected chi connectivity index (χ3v) is 163. The van der Waals surface area contributed by atoms with Gasteiger partial charge in [-0.1, -0.05) is 262 Å². The molecular formula is C52H118O2Si8. The maximum Gasteiger partial charge on any atom is 0.293 e. The summed E-state index contributed by atoms with van der Waals surface area (Å²) in [6.45, 7) is 99.5. The first-order valence-electron chi connectivity index (χ1n) is 25.5. The summed E-state index contributed by atoms with van der Waals surface area (Å²) in [5, 5.41) is 1.71. The summed E-state index contributed by atoms with van der Waals surface area (Å²) in [5.41, 5.74) is 0. The molecule has 0 unspecified atom stereocenters. The van der Waals surface area contributed by atoms with Crippen LogP contribution in [0.15, 0.2) is 0 Å². The van der Waals surface area contributed by atoms with Crippen LogP contribution in [0.4, 0.5) is 0 Å². The first-order valence-corrected chi connectivity index (χ1v) is 48.6. The Morgan fingerprint density at radius 2 is 0.323 bits per heavy atom. The molecule has 62 heavy (non-hydrogen) atoms. The van der Waals surface area contributed by atoms with Gasteiger partial charge in [-0.2, -0.15) is 0 Å². The molecule has 3 fully saturated rings. The molecule has 3 aliphatic heterocycles. The van der Waals surface area contributed by atoms with Crippen LogP contribution in [0.5, 0.6) is 0 Å². The summed E-state index contributed by atoms with van der Waals surface area (Å²) < 4.78 is 18.9. The number of fused-ring (bicyclic) bond motifs is 1. The fourth-order valence-electron chi connectivity index (χ4n) is 26.2. The molecule has 0 atom stereocenters. The molecule has 10 heteroatoms. The lowest BCUT2D eigenvalue weighted by molar-refractivity contribution is 0.278. The number of hydrogen-bond donors (Lipinski definition) is 0. The van der Waals surface area contributed by atoms with Crippen molar-refractivity contribution in [2.45, 2.75) is 335 Å². The molecular weight excluding hydrogens is 881 g/mol. The lowest BCUT2D eigenvalue weighted by Crippen LogP contribution is -3.05. The maximum absolute atomic E-state index is 9.44. The van der Waals surface area contributed by atoms with Gasteiger partial charge in [0.2, 0.25) is 0 Å². The minimum Gasteiger partial charge on any atom is -0.421 e. The van der Waals surface area contributed by atoms with E-state index in [4.69, 9.17) is 0 Å². The average Bonchev–Trinajstić information content (AvgIpc) is 3.37. The van der Waals surface area contributed by atoms with E-state index in [-0.39, 0.29) is 60.5 Å². The Morgan fingerprint density at radius 3 is 0.403 bits per heavy atom. The first-order chi connectivity index (χ1) is 26.1. The van der Waals surface area contributed by atoms with Crippen LogP contribution in [-0.4, -0.2) is 59.8 Å². The Bertz CT molecular complexity index is 1270. The van der Waals surface area contributed by atoms with E-state index >= 15 is 0 Å². The predicted molar refractivity (Wildman–Crippen MR) is 306 cm³/mol. The summed E-state index contributed by atoms with van der Waals surface area (Å²) in [4.78, 5) is 0. The summed E-state index contributed by atoms with van der Waals surface area (Å²) in [6, 6.07) is 2.54. The van der Waals surface area contributed by atoms with Gasteiger partial charge in [-0.3, -0.25) is 0 Å². The largest absolute Gasteiger partial charge is 0.421 e. The van der Waals surface area contributed by atoms with E-state index in [1.54, 1.807) is 0 Å². The zero-order valence-electron chi connectivity index (χ0n) is 50.2. The molecule has 2 nitrogen and oxygen atoms in total. The summed E-state index contributed by atoms with van der Waals surface area (Å²) >= 11 is 0. The van der Waals surface area contributed by atoms with Crippen molar-refractivity contribution in [3.05, 3.63) is 0 Å². The van der Waals surface area contributed by atoms with E-state index in [0.29, 0.717) is 0 Å². The highest BCUT2D eigenvalue weighted by Gasteiger charge is 2.98. The van der Waals surface area contributed by atoms with Gasteiger partial charge in [-0.25, -0.2) is 0 Å². The van der Waals surface area contributed by atoms with Crippen molar-refractivity contribution in [1.82, 2.24) is 0 Å². The van der Waals surface area contributed by atoms with E-state index < -0.39 is 59.8 Å². The van der Waals surface area contributed by atoms with E-state index in [2.05, 4.69) is 262 Å². The quantitative estimate of drug-likeness (QED) is 0.247. The molecule has 0 amide bonds. The van der Waals surface area contributed by atoms with Crippen LogP contribution in [0.1, 0.15) is 249 Å². The summed E-state index contributed by atoms with van der Waals surface area (Å²) in [7, 11) is -16.0. The molecule has 0 aromatic heterocycles. The Hall–Kier alpha value is 1.66. The van der Waals surface area contributed by atoms with Gasteiger partial charge in [0.05, 0.1) is 30.4 Å². The average molecular weight is 1000 g/mol. The van der Waals surface area contributed by atoms with Crippen LogP contribution in [-0.2, 0) is 8.23 Å². The molecule has 3 aliphatic rings. The Kier molecular flexibility index (Phi) is 14.5. The first kappa shape index (κ1) is 59.8. The van der Waals surface area contributed by atoms with Gasteiger partial charge in [0.1, 0.15) is 13.3 Å². The molecule has 0 aromatic carbocycles. The molecule has 2 bridgehead atoms. The predicted octanol–water partition coefficient (Wildman–Crippen LogP) is 20.0. The van der Waals surface area contributed by atoms with Gasteiger partial charge in [0.25, 0.3) is 16.2 Å². The van der Waals surface area contributed by atoms with Crippen LogP contribution in [0.25, 0.3) is 0 Å². The van der Waals surface area contributed by atoms with E-state index in [1.165, 1.54) is 12.1 Å². The third-order valence-electron chi connectivity index (χ3n) is 19.5. The van der Waals surface area contributed by atoms with E-state index in [9.17, 15) is 8.23 Å². The molecule has 0 aromatic rings. The molecule has 3 heterocycles. The van der Waals surface area contributed by atoms with Gasteiger partial charge in [0.15, 0.2) is 0 Å². The third kappa shape index (κ3) is 6.80. The highest BCUT2D eigenvalue weighted by Crippen LogP contribution is 2.82. The Balaban J connectivity index is 3.92. The van der Waals surface area contributed by atoms with Crippen LogP contribution in [0.3, 0.4) is 0 Å². The second-order valence-electron chi connectivity index (χ2n) is 34.5. The van der Waals surface area contributed by atoms with Crippen LogP contribution >= 0.6 is 0 Å². The monoisotopic (exact) mass is 999 g/mol. The van der Waals surface area contributed by atoms with Crippen molar-refractivity contribution in [3.8, 4) is 0 Å². The maximum atomic E-state index is 9.44. The fraction of sp³-hybridized carbons (Fsp3) is 1.00. The lowest BCUT2D eigenvalue weighted by atomic mass is 10.2. The second kappa shape index (κ2) is 15.1. The van der Waals surface area contributed by atoms with Gasteiger partial charge >= 0.3 is 0 Å². The minimum atomic E-state index is -2.92. The standard InChI is InChI=1S/C52H118O2Si8/c1-41(2,3)59(42(4,5)6,43(7,8)9)55(37,60(44(10,11)12,45(13,14)15)46(16,17)18)57-39-40-58(53-57,54-57)56(38,61(47(19,20)21,48(22,23)24)49(25,26)27)62(50(28,29)30,51(31,32)33)52(34,35)36/h39-40H2,1-38H3. The molecule has 0 N–H and O–H groups in total. The SMILES string of the molecule is CC(C)(C)[Si](C(C)(C)C)(C(C)(C)C)[Si](C)([Si]12CC[Si]([Si](C)([Si](C(C)(C)C)(C(C)(C)C)C(C)(C)C)[Si](C(C)(C)C)(C(C)(C)C)C(C)(C)C)(O1)O2)[Si](C(C)(C)C)(C(C)(C)C)C(C)(C)C. The zero-order valence-corrected chi connectivity index (χ0v) is 58.2. The smallest absolute Gasteiger partial charge is 0.293 e. The fourth-order valence-corrected chi connectivity index (χ4v) is 299. The van der Waals surface area contributed by atoms with Crippen molar-refractivity contribution >= 4 is 59.8 Å². The Morgan fingerprint density at radius 1 is 0.226 bits per heavy atom. The number of rotatable bonds is 6. The van der Waals surface area contributed by atoms with Crippen molar-refractivity contribution in [2.75, 3.05) is 0 Å². The molecule has 370 valence electrons. The number of hydrogen-bond acceptors (Lipinski definition) is 2. The summed E-state index contributed by atoms with van der Waals surface area (Å²) in [5.74, 6) is 0. The molecule has 3 saturated heterocycles. The van der Waals surface area contributed by atoms with Crippen LogP contribution in [0, 0.1) is 0 Å². The summed E-state index contributed by atoms with van der Waals surface area (Å²) in [6.07, 6.45) is 0. The van der Waals surface area contributed by atoms with Crippen LogP contribution < -0.4 is 0 Å². The highest BCUT2D eigenvalue weighted by molar-refractivity contribution is 7.97. The van der Waals surface area contributed by atoms with Gasteiger partial charge < -0.3 is 8.23 Å². The lowest BCUT2D eigenvalue weighted by Gasteiger charge is -2.83. The van der Waals surface area contributed by atoms with Crippen molar-refractivity contribution in [2.24, 2.45) is 0 Å². The van der Waals surface area contributed by atoms with Crippen LogP contribution in [0.2, 0.25) is 85.6 Å². The van der Waals surface area contributed by atoms with Crippen molar-refractivity contribution in [1.29, 1.82) is 0 Å². The molecule has 3 rings (SSSR count). The molecule has 0 spiro atoms. The topological polar surface area (TPSA) is 18.5 Å². The molecule has 0 saturated carbocycles. The zero-order chi connectivity index (χ0) is 50.8. The molecule has 0 aliphatic carbocycles. The van der Waals surface area contributed by atoms with Gasteiger partial charge in [-0.15, -0.1) is 0 Å². The van der Waals surface area contributed by atoms with Gasteiger partial charge in [0, 0.05) is 0 Å². The minimum absolute atomic E-state index is 0.142. The normalized spacial score (nSPS) is 23.5. The van der Waals surface area contributed by atoms with Crippen molar-refractivity contribution in [3.63, 3.8) is 0 Å². The van der Waals surface area contributed by atoms with Crippen molar-refractivity contribution < 1.29 is 8.23 Å². The Labute approximate surface area is 400 Å². The van der Waals surface area contributed by atoms with E-state index in [0.717, 1.165) is 0 Å². The van der Waals surface area contributed by atoms with E-state index in [1.807, 2.05) is 0 Å². The second-order valence-corrected chi connectivity index (χ2v) is 109. The molecule has 0 radical (unpaired) electrons. The van der Waals surface area contributed by atoms with Gasteiger partial charge in [-0.05, 0) is 72.5 Å².